The van der Waals surface area contributed by atoms with Crippen LogP contribution in [0.25, 0.3) is 0 Å². The van der Waals surface area contributed by atoms with Gasteiger partial charge in [-0.2, -0.15) is 0 Å². The zero-order valence-electron chi connectivity index (χ0n) is 15.7. The minimum Gasteiger partial charge on any atom is -0.493 e. The van der Waals surface area contributed by atoms with Gasteiger partial charge in [0.05, 0.1) is 20.3 Å². The van der Waals surface area contributed by atoms with E-state index in [4.69, 9.17) is 9.47 Å². The number of methoxy groups -OCH3 is 1. The fourth-order valence-electron chi connectivity index (χ4n) is 1.96. The van der Waals surface area contributed by atoms with Gasteiger partial charge in [0.1, 0.15) is 0 Å². The summed E-state index contributed by atoms with van der Waals surface area (Å²) in [5, 5.41) is 6.72. The van der Waals surface area contributed by atoms with Gasteiger partial charge in [0.15, 0.2) is 17.5 Å². The van der Waals surface area contributed by atoms with Crippen molar-refractivity contribution in [1.82, 2.24) is 10.6 Å². The molecule has 0 spiro atoms. The molecule has 5 nitrogen and oxygen atoms in total. The molecular weight excluding hydrogens is 417 g/mol. The van der Waals surface area contributed by atoms with Crippen LogP contribution in [-0.4, -0.2) is 32.3 Å². The number of benzene rings is 1. The van der Waals surface area contributed by atoms with E-state index in [0.29, 0.717) is 25.1 Å². The Labute approximate surface area is 163 Å². The predicted molar refractivity (Wildman–Crippen MR) is 112 cm³/mol. The molecule has 0 fully saturated rings. The molecule has 0 radical (unpaired) electrons. The van der Waals surface area contributed by atoms with Crippen LogP contribution >= 0.6 is 24.0 Å². The standard InChI is InChI=1S/C18H31N3O2.HI/c1-7-19-18(21-14(5)13(3)4)20-12-15-9-10-16(22-6)17(11-15)23-8-2;/h9-11,13-14H,7-8,12H2,1-6H3,(H2,19,20,21);1H. The van der Waals surface area contributed by atoms with Crippen molar-refractivity contribution in [2.75, 3.05) is 20.3 Å². The summed E-state index contributed by atoms with van der Waals surface area (Å²) in [6.07, 6.45) is 0. The lowest BCUT2D eigenvalue weighted by Crippen LogP contribution is -2.44. The number of nitrogens with one attached hydrogen (secondary N) is 2. The topological polar surface area (TPSA) is 54.9 Å². The monoisotopic (exact) mass is 449 g/mol. The molecule has 1 unspecified atom stereocenters. The number of hydrogen-bond donors (Lipinski definition) is 2. The molecule has 0 bridgehead atoms. The number of aliphatic imine (C=N–C) groups is 1. The molecule has 0 aromatic heterocycles. The van der Waals surface area contributed by atoms with Gasteiger partial charge < -0.3 is 20.1 Å². The molecule has 1 aromatic rings. The average Bonchev–Trinajstić information content (AvgIpc) is 2.53. The zero-order chi connectivity index (χ0) is 17.2. The van der Waals surface area contributed by atoms with Crippen LogP contribution in [0.15, 0.2) is 23.2 Å². The van der Waals surface area contributed by atoms with Crippen LogP contribution in [0.2, 0.25) is 0 Å². The van der Waals surface area contributed by atoms with Crippen molar-refractivity contribution in [2.24, 2.45) is 10.9 Å². The van der Waals surface area contributed by atoms with E-state index in [2.05, 4.69) is 43.3 Å². The van der Waals surface area contributed by atoms with Crippen LogP contribution in [0.4, 0.5) is 0 Å². The van der Waals surface area contributed by atoms with Crippen molar-refractivity contribution in [2.45, 2.75) is 47.2 Å². The Morgan fingerprint density at radius 3 is 2.42 bits per heavy atom. The third-order valence-electron chi connectivity index (χ3n) is 3.66. The van der Waals surface area contributed by atoms with Crippen molar-refractivity contribution in [3.63, 3.8) is 0 Å². The van der Waals surface area contributed by atoms with E-state index in [1.165, 1.54) is 0 Å². The first kappa shape index (κ1) is 22.8. The Balaban J connectivity index is 0.00000529. The van der Waals surface area contributed by atoms with Crippen molar-refractivity contribution in [3.05, 3.63) is 23.8 Å². The van der Waals surface area contributed by atoms with Crippen LogP contribution in [0.3, 0.4) is 0 Å². The van der Waals surface area contributed by atoms with E-state index >= 15 is 0 Å². The van der Waals surface area contributed by atoms with Gasteiger partial charge in [-0.05, 0) is 44.4 Å². The first-order valence-corrected chi connectivity index (χ1v) is 8.36. The summed E-state index contributed by atoms with van der Waals surface area (Å²) >= 11 is 0. The molecule has 2 N–H and O–H groups in total. The molecule has 0 aliphatic rings. The number of nitrogens with zero attached hydrogens (tertiary/aromatic N) is 1. The second-order valence-electron chi connectivity index (χ2n) is 5.79. The molecular formula is C18H32IN3O2. The molecule has 0 aliphatic heterocycles. The molecule has 1 atom stereocenters. The van der Waals surface area contributed by atoms with Crippen LogP contribution in [-0.2, 0) is 6.54 Å². The van der Waals surface area contributed by atoms with Crippen molar-refractivity contribution >= 4 is 29.9 Å². The molecule has 1 aromatic carbocycles. The Hall–Kier alpha value is -1.18. The van der Waals surface area contributed by atoms with Gasteiger partial charge in [-0.25, -0.2) is 4.99 Å². The second kappa shape index (κ2) is 12.2. The highest BCUT2D eigenvalue weighted by atomic mass is 127. The highest BCUT2D eigenvalue weighted by Crippen LogP contribution is 2.28. The minimum atomic E-state index is 0. The zero-order valence-corrected chi connectivity index (χ0v) is 18.0. The minimum absolute atomic E-state index is 0. The summed E-state index contributed by atoms with van der Waals surface area (Å²) in [4.78, 5) is 4.66. The first-order valence-electron chi connectivity index (χ1n) is 8.36. The Bertz CT molecular complexity index is 507. The van der Waals surface area contributed by atoms with Crippen molar-refractivity contribution in [1.29, 1.82) is 0 Å². The SMILES string of the molecule is CCNC(=NCc1ccc(OC)c(OCC)c1)NC(C)C(C)C.I. The fraction of sp³-hybridized carbons (Fsp3) is 0.611. The number of guanidine groups is 1. The smallest absolute Gasteiger partial charge is 0.191 e. The Morgan fingerprint density at radius 2 is 1.88 bits per heavy atom. The predicted octanol–water partition coefficient (Wildman–Crippen LogP) is 3.81. The summed E-state index contributed by atoms with van der Waals surface area (Å²) in [5.41, 5.74) is 1.09. The van der Waals surface area contributed by atoms with Crippen LogP contribution in [0.5, 0.6) is 11.5 Å². The highest BCUT2D eigenvalue weighted by molar-refractivity contribution is 14.0. The maximum atomic E-state index is 5.61. The lowest BCUT2D eigenvalue weighted by molar-refractivity contribution is 0.310. The van der Waals surface area contributed by atoms with Gasteiger partial charge >= 0.3 is 0 Å². The summed E-state index contributed by atoms with van der Waals surface area (Å²) in [7, 11) is 1.65. The lowest BCUT2D eigenvalue weighted by atomic mass is 10.1. The summed E-state index contributed by atoms with van der Waals surface area (Å²) in [6.45, 7) is 12.6. The summed E-state index contributed by atoms with van der Waals surface area (Å²) < 4.78 is 10.9. The molecule has 24 heavy (non-hydrogen) atoms. The van der Waals surface area contributed by atoms with Gasteiger partial charge in [0, 0.05) is 12.6 Å². The number of ether oxygens (including phenoxy) is 2. The molecule has 138 valence electrons. The molecule has 0 heterocycles. The molecule has 0 amide bonds. The quantitative estimate of drug-likeness (QED) is 0.360. The third kappa shape index (κ3) is 7.59. The summed E-state index contributed by atoms with van der Waals surface area (Å²) in [6, 6.07) is 6.29. The van der Waals surface area contributed by atoms with Gasteiger partial charge in [-0.15, -0.1) is 24.0 Å². The number of halogens is 1. The summed E-state index contributed by atoms with van der Waals surface area (Å²) in [5.74, 6) is 2.89. The van der Waals surface area contributed by atoms with Gasteiger partial charge in [0.25, 0.3) is 0 Å². The normalized spacial score (nSPS) is 12.4. The van der Waals surface area contributed by atoms with Gasteiger partial charge in [-0.1, -0.05) is 19.9 Å². The van der Waals surface area contributed by atoms with E-state index in [0.717, 1.165) is 29.6 Å². The van der Waals surface area contributed by atoms with E-state index in [9.17, 15) is 0 Å². The maximum Gasteiger partial charge on any atom is 0.191 e. The largest absolute Gasteiger partial charge is 0.493 e. The Kier molecular flexibility index (Phi) is 11.6. The highest BCUT2D eigenvalue weighted by Gasteiger charge is 2.09. The van der Waals surface area contributed by atoms with Crippen LogP contribution in [0, 0.1) is 5.92 Å². The fourth-order valence-corrected chi connectivity index (χ4v) is 1.96. The first-order chi connectivity index (χ1) is 11.0. The van der Waals surface area contributed by atoms with E-state index in [-0.39, 0.29) is 24.0 Å². The molecule has 0 saturated carbocycles. The molecule has 1 rings (SSSR count). The second-order valence-corrected chi connectivity index (χ2v) is 5.79. The average molecular weight is 449 g/mol. The Morgan fingerprint density at radius 1 is 1.17 bits per heavy atom. The van der Waals surface area contributed by atoms with Crippen LogP contribution < -0.4 is 20.1 Å². The van der Waals surface area contributed by atoms with Crippen LogP contribution in [0.1, 0.15) is 40.2 Å². The lowest BCUT2D eigenvalue weighted by Gasteiger charge is -2.20. The maximum absolute atomic E-state index is 5.61. The molecule has 6 heteroatoms. The van der Waals surface area contributed by atoms with Gasteiger partial charge in [0.2, 0.25) is 0 Å². The van der Waals surface area contributed by atoms with Crippen molar-refractivity contribution < 1.29 is 9.47 Å². The van der Waals surface area contributed by atoms with Gasteiger partial charge in [-0.3, -0.25) is 0 Å². The molecule has 0 aliphatic carbocycles. The number of hydrogen-bond acceptors (Lipinski definition) is 3. The number of rotatable bonds is 8. The van der Waals surface area contributed by atoms with E-state index in [1.54, 1.807) is 7.11 Å². The third-order valence-corrected chi connectivity index (χ3v) is 3.66. The van der Waals surface area contributed by atoms with E-state index in [1.807, 2.05) is 25.1 Å². The van der Waals surface area contributed by atoms with E-state index < -0.39 is 0 Å². The molecule has 0 saturated heterocycles. The van der Waals surface area contributed by atoms with Crippen molar-refractivity contribution in [3.8, 4) is 11.5 Å².